The van der Waals surface area contributed by atoms with Gasteiger partial charge >= 0.3 is 6.18 Å². The summed E-state index contributed by atoms with van der Waals surface area (Å²) in [7, 11) is 0. The first-order valence-electron chi connectivity index (χ1n) is 6.26. The van der Waals surface area contributed by atoms with Gasteiger partial charge in [-0.2, -0.15) is 22.0 Å². The number of pyridine rings is 1. The molecule has 10 heteroatoms. The number of halogens is 6. The van der Waals surface area contributed by atoms with Crippen molar-refractivity contribution < 1.29 is 26.7 Å². The van der Waals surface area contributed by atoms with Crippen LogP contribution in [0.4, 0.5) is 27.6 Å². The van der Waals surface area contributed by atoms with E-state index >= 15 is 0 Å². The van der Waals surface area contributed by atoms with Gasteiger partial charge in [-0.3, -0.25) is 4.79 Å². The number of carbonyl (C=O) groups is 1. The maximum absolute atomic E-state index is 12.8. The van der Waals surface area contributed by atoms with Crippen LogP contribution in [-0.4, -0.2) is 16.6 Å². The van der Waals surface area contributed by atoms with Crippen LogP contribution < -0.4 is 5.32 Å². The maximum atomic E-state index is 12.8. The number of hydrogen-bond donors (Lipinski definition) is 1. The summed E-state index contributed by atoms with van der Waals surface area (Å²) in [5, 5.41) is 1.47. The van der Waals surface area contributed by atoms with Gasteiger partial charge in [-0.25, -0.2) is 4.98 Å². The van der Waals surface area contributed by atoms with E-state index in [4.69, 9.17) is 11.6 Å². The van der Waals surface area contributed by atoms with E-state index in [9.17, 15) is 26.7 Å². The van der Waals surface area contributed by atoms with Gasteiger partial charge in [0, 0.05) is 11.9 Å². The Morgan fingerprint density at radius 3 is 2.58 bits per heavy atom. The second-order valence-corrected chi connectivity index (χ2v) is 5.77. The summed E-state index contributed by atoms with van der Waals surface area (Å²) in [6.07, 6.45) is -3.46. The van der Waals surface area contributed by atoms with E-state index in [1.54, 1.807) is 0 Å². The van der Waals surface area contributed by atoms with Gasteiger partial charge in [0.25, 0.3) is 11.7 Å². The van der Waals surface area contributed by atoms with E-state index in [2.05, 4.69) is 10.3 Å². The Labute approximate surface area is 142 Å². The molecule has 0 aliphatic heterocycles. The van der Waals surface area contributed by atoms with Crippen LogP contribution in [0, 0.1) is 0 Å². The summed E-state index contributed by atoms with van der Waals surface area (Å²) in [6, 6.07) is 5.42. The SMILES string of the molecule is O=C(Nc1ccc(Cl)c(C(F)(F)F)c1)c1cccnc1SC(F)F. The monoisotopic (exact) mass is 382 g/mol. The zero-order chi connectivity index (χ0) is 17.9. The van der Waals surface area contributed by atoms with Crippen LogP contribution in [0.5, 0.6) is 0 Å². The van der Waals surface area contributed by atoms with Crippen molar-refractivity contribution in [1.82, 2.24) is 4.98 Å². The van der Waals surface area contributed by atoms with Crippen LogP contribution in [0.1, 0.15) is 15.9 Å². The van der Waals surface area contributed by atoms with Gasteiger partial charge in [-0.1, -0.05) is 11.6 Å². The van der Waals surface area contributed by atoms with Gasteiger partial charge in [-0.05, 0) is 42.1 Å². The van der Waals surface area contributed by atoms with E-state index in [0.29, 0.717) is 6.07 Å². The molecule has 0 fully saturated rings. The lowest BCUT2D eigenvalue weighted by Crippen LogP contribution is -2.15. The molecule has 0 spiro atoms. The number of rotatable bonds is 4. The molecule has 0 bridgehead atoms. The predicted molar refractivity (Wildman–Crippen MR) is 80.5 cm³/mol. The van der Waals surface area contributed by atoms with Crippen LogP contribution in [0.3, 0.4) is 0 Å². The quantitative estimate of drug-likeness (QED) is 0.574. The number of hydrogen-bond acceptors (Lipinski definition) is 3. The molecule has 3 nitrogen and oxygen atoms in total. The van der Waals surface area contributed by atoms with E-state index in [-0.39, 0.29) is 28.0 Å². The highest BCUT2D eigenvalue weighted by atomic mass is 35.5. The van der Waals surface area contributed by atoms with Gasteiger partial charge in [0.1, 0.15) is 5.03 Å². The molecule has 0 aliphatic carbocycles. The van der Waals surface area contributed by atoms with Crippen LogP contribution >= 0.6 is 23.4 Å². The standard InChI is InChI=1S/C14H8ClF5N2OS/c15-10-4-3-7(6-9(10)14(18,19)20)22-11(23)8-2-1-5-21-12(8)24-13(16)17/h1-6,13H,(H,22,23). The molecule has 2 rings (SSSR count). The van der Waals surface area contributed by atoms with E-state index < -0.39 is 28.4 Å². The number of anilines is 1. The summed E-state index contributed by atoms with van der Waals surface area (Å²) < 4.78 is 63.4. The van der Waals surface area contributed by atoms with E-state index in [1.807, 2.05) is 0 Å². The number of benzene rings is 1. The first-order valence-corrected chi connectivity index (χ1v) is 7.52. The van der Waals surface area contributed by atoms with Gasteiger partial charge in [0.2, 0.25) is 0 Å². The molecule has 2 aromatic rings. The molecule has 0 saturated heterocycles. The lowest BCUT2D eigenvalue weighted by molar-refractivity contribution is -0.137. The highest BCUT2D eigenvalue weighted by Crippen LogP contribution is 2.36. The molecule has 0 aliphatic rings. The average molecular weight is 383 g/mol. The molecular formula is C14H8ClF5N2OS. The highest BCUT2D eigenvalue weighted by Gasteiger charge is 2.33. The molecule has 0 atom stereocenters. The lowest BCUT2D eigenvalue weighted by atomic mass is 10.2. The smallest absolute Gasteiger partial charge is 0.322 e. The van der Waals surface area contributed by atoms with Crippen LogP contribution in [0.2, 0.25) is 5.02 Å². The summed E-state index contributed by atoms with van der Waals surface area (Å²) >= 11 is 5.55. The largest absolute Gasteiger partial charge is 0.417 e. The fraction of sp³-hybridized carbons (Fsp3) is 0.143. The van der Waals surface area contributed by atoms with Gasteiger partial charge < -0.3 is 5.32 Å². The minimum absolute atomic E-state index is 0.0674. The molecule has 1 N–H and O–H groups in total. The minimum Gasteiger partial charge on any atom is -0.322 e. The molecule has 1 aromatic carbocycles. The molecule has 0 saturated carbocycles. The number of aromatic nitrogens is 1. The third kappa shape index (κ3) is 4.57. The van der Waals surface area contributed by atoms with Crippen molar-refractivity contribution in [3.63, 3.8) is 0 Å². The molecule has 1 amide bonds. The Balaban J connectivity index is 2.28. The van der Waals surface area contributed by atoms with E-state index in [0.717, 1.165) is 6.07 Å². The summed E-state index contributed by atoms with van der Waals surface area (Å²) in [4.78, 5) is 15.8. The molecular weight excluding hydrogens is 375 g/mol. The zero-order valence-electron chi connectivity index (χ0n) is 11.6. The number of nitrogens with one attached hydrogen (secondary N) is 1. The van der Waals surface area contributed by atoms with Crippen molar-refractivity contribution in [2.75, 3.05) is 5.32 Å². The number of carbonyl (C=O) groups excluding carboxylic acids is 1. The topological polar surface area (TPSA) is 42.0 Å². The van der Waals surface area contributed by atoms with Crippen LogP contribution in [0.15, 0.2) is 41.6 Å². The summed E-state index contributed by atoms with van der Waals surface area (Å²) in [5.41, 5.74) is -1.46. The number of nitrogens with zero attached hydrogens (tertiary/aromatic N) is 1. The maximum Gasteiger partial charge on any atom is 0.417 e. The van der Waals surface area contributed by atoms with Gasteiger partial charge in [0.05, 0.1) is 16.1 Å². The van der Waals surface area contributed by atoms with Crippen molar-refractivity contribution in [2.45, 2.75) is 17.0 Å². The van der Waals surface area contributed by atoms with Crippen molar-refractivity contribution in [3.05, 3.63) is 52.7 Å². The average Bonchev–Trinajstić information content (AvgIpc) is 2.48. The van der Waals surface area contributed by atoms with Crippen molar-refractivity contribution in [1.29, 1.82) is 0 Å². The van der Waals surface area contributed by atoms with Gasteiger partial charge in [0.15, 0.2) is 0 Å². The van der Waals surface area contributed by atoms with Crippen LogP contribution in [-0.2, 0) is 6.18 Å². The zero-order valence-corrected chi connectivity index (χ0v) is 13.1. The fourth-order valence-electron chi connectivity index (χ4n) is 1.76. The highest BCUT2D eigenvalue weighted by molar-refractivity contribution is 7.99. The number of thioether (sulfide) groups is 1. The second kappa shape index (κ2) is 7.35. The molecule has 1 aromatic heterocycles. The molecule has 24 heavy (non-hydrogen) atoms. The summed E-state index contributed by atoms with van der Waals surface area (Å²) in [5.74, 6) is -3.65. The molecule has 128 valence electrons. The Bertz CT molecular complexity index is 754. The Kier molecular flexibility index (Phi) is 5.66. The Morgan fingerprint density at radius 2 is 1.96 bits per heavy atom. The van der Waals surface area contributed by atoms with Gasteiger partial charge in [-0.15, -0.1) is 0 Å². The first kappa shape index (κ1) is 18.5. The predicted octanol–water partition coefficient (Wildman–Crippen LogP) is 5.32. The molecule has 1 heterocycles. The summed E-state index contributed by atoms with van der Waals surface area (Å²) in [6.45, 7) is 0. The van der Waals surface area contributed by atoms with Crippen molar-refractivity contribution in [2.24, 2.45) is 0 Å². The lowest BCUT2D eigenvalue weighted by Gasteiger charge is -2.12. The van der Waals surface area contributed by atoms with Crippen molar-refractivity contribution in [3.8, 4) is 0 Å². The molecule has 0 radical (unpaired) electrons. The first-order chi connectivity index (χ1) is 11.2. The van der Waals surface area contributed by atoms with Crippen LogP contribution in [0.25, 0.3) is 0 Å². The second-order valence-electron chi connectivity index (χ2n) is 4.38. The fourth-order valence-corrected chi connectivity index (χ4v) is 2.56. The Hall–Kier alpha value is -1.87. The van der Waals surface area contributed by atoms with E-state index in [1.165, 1.54) is 24.4 Å². The minimum atomic E-state index is -4.69. The Morgan fingerprint density at radius 1 is 1.25 bits per heavy atom. The number of alkyl halides is 5. The van der Waals surface area contributed by atoms with Crippen molar-refractivity contribution >= 4 is 35.0 Å². The third-order valence-corrected chi connectivity index (χ3v) is 3.80. The molecule has 0 unspecified atom stereocenters. The normalized spacial score (nSPS) is 11.6. The number of amides is 1. The third-order valence-electron chi connectivity index (χ3n) is 2.75.